The molecule has 0 atom stereocenters. The van der Waals surface area contributed by atoms with Crippen molar-refractivity contribution in [2.45, 2.75) is 13.8 Å². The van der Waals surface area contributed by atoms with Crippen LogP contribution in [-0.2, 0) is 0 Å². The molecular formula is C26H18N2O. The van der Waals surface area contributed by atoms with Gasteiger partial charge in [-0.15, -0.1) is 0 Å². The summed E-state index contributed by atoms with van der Waals surface area (Å²) in [5.74, 6) is 0.761. The minimum Gasteiger partial charge on any atom is -0.455 e. The van der Waals surface area contributed by atoms with Gasteiger partial charge in [0.25, 0.3) is 0 Å². The number of hydrogen-bond donors (Lipinski definition) is 0. The van der Waals surface area contributed by atoms with E-state index >= 15 is 0 Å². The first-order valence-corrected chi connectivity index (χ1v) is 9.78. The van der Waals surface area contributed by atoms with Gasteiger partial charge in [-0.1, -0.05) is 54.6 Å². The zero-order chi connectivity index (χ0) is 19.5. The summed E-state index contributed by atoms with van der Waals surface area (Å²) in [5.41, 5.74) is 5.91. The lowest BCUT2D eigenvalue weighted by atomic mass is 9.98. The van der Waals surface area contributed by atoms with Crippen molar-refractivity contribution in [2.75, 3.05) is 0 Å². The molecule has 2 heterocycles. The summed E-state index contributed by atoms with van der Waals surface area (Å²) in [6, 6.07) is 25.1. The Morgan fingerprint density at radius 1 is 0.690 bits per heavy atom. The Hall–Kier alpha value is -3.72. The van der Waals surface area contributed by atoms with Crippen LogP contribution in [0.4, 0.5) is 0 Å². The van der Waals surface area contributed by atoms with Crippen molar-refractivity contribution in [2.24, 2.45) is 0 Å². The van der Waals surface area contributed by atoms with Crippen LogP contribution in [0, 0.1) is 13.8 Å². The summed E-state index contributed by atoms with van der Waals surface area (Å²) >= 11 is 0. The minimum absolute atomic E-state index is 0.761. The maximum Gasteiger partial charge on any atom is 0.144 e. The van der Waals surface area contributed by atoms with Crippen LogP contribution in [0.2, 0.25) is 0 Å². The molecule has 29 heavy (non-hydrogen) atoms. The predicted octanol–water partition coefficient (Wildman–Crippen LogP) is 6.97. The van der Waals surface area contributed by atoms with Crippen LogP contribution in [0.3, 0.4) is 0 Å². The van der Waals surface area contributed by atoms with Crippen molar-refractivity contribution in [1.82, 2.24) is 9.97 Å². The first-order chi connectivity index (χ1) is 14.2. The van der Waals surface area contributed by atoms with Crippen LogP contribution in [0.15, 0.2) is 77.2 Å². The Labute approximate surface area is 167 Å². The molecule has 0 spiro atoms. The van der Waals surface area contributed by atoms with Gasteiger partial charge in [0.15, 0.2) is 0 Å². The highest BCUT2D eigenvalue weighted by atomic mass is 16.3. The van der Waals surface area contributed by atoms with Gasteiger partial charge in [0, 0.05) is 27.1 Å². The number of furan rings is 1. The lowest BCUT2D eigenvalue weighted by Crippen LogP contribution is -1.96. The van der Waals surface area contributed by atoms with E-state index in [1.54, 1.807) is 0 Å². The Kier molecular flexibility index (Phi) is 3.30. The van der Waals surface area contributed by atoms with Gasteiger partial charge < -0.3 is 4.42 Å². The highest BCUT2D eigenvalue weighted by molar-refractivity contribution is 6.14. The van der Waals surface area contributed by atoms with E-state index in [-0.39, 0.29) is 0 Å². The van der Waals surface area contributed by atoms with Gasteiger partial charge in [0.05, 0.1) is 11.2 Å². The first-order valence-electron chi connectivity index (χ1n) is 9.78. The van der Waals surface area contributed by atoms with Crippen molar-refractivity contribution in [3.8, 4) is 11.3 Å². The average molecular weight is 374 g/mol. The number of para-hydroxylation sites is 2. The molecule has 2 aromatic heterocycles. The molecule has 0 radical (unpaired) electrons. The second kappa shape index (κ2) is 5.89. The number of hydrogen-bond acceptors (Lipinski definition) is 3. The van der Waals surface area contributed by atoms with Crippen molar-refractivity contribution in [3.63, 3.8) is 0 Å². The van der Waals surface area contributed by atoms with Crippen LogP contribution in [-0.4, -0.2) is 9.97 Å². The van der Waals surface area contributed by atoms with Gasteiger partial charge in [0.1, 0.15) is 17.0 Å². The number of rotatable bonds is 1. The van der Waals surface area contributed by atoms with Gasteiger partial charge in [0.2, 0.25) is 0 Å². The van der Waals surface area contributed by atoms with E-state index in [1.165, 1.54) is 16.3 Å². The van der Waals surface area contributed by atoms with Crippen LogP contribution in [0.25, 0.3) is 54.9 Å². The fourth-order valence-corrected chi connectivity index (χ4v) is 4.39. The molecule has 6 rings (SSSR count). The summed E-state index contributed by atoms with van der Waals surface area (Å²) in [4.78, 5) is 9.69. The van der Waals surface area contributed by atoms with Crippen molar-refractivity contribution >= 4 is 43.6 Å². The molecule has 0 aliphatic carbocycles. The van der Waals surface area contributed by atoms with E-state index in [0.717, 1.165) is 49.9 Å². The molecule has 0 aliphatic rings. The lowest BCUT2D eigenvalue weighted by Gasteiger charge is -2.11. The second-order valence-corrected chi connectivity index (χ2v) is 7.53. The number of aromatic nitrogens is 2. The van der Waals surface area contributed by atoms with E-state index in [1.807, 2.05) is 25.1 Å². The van der Waals surface area contributed by atoms with Gasteiger partial charge in [-0.3, -0.25) is 0 Å². The zero-order valence-corrected chi connectivity index (χ0v) is 16.2. The first kappa shape index (κ1) is 16.3. The monoisotopic (exact) mass is 374 g/mol. The van der Waals surface area contributed by atoms with E-state index in [2.05, 4.69) is 61.5 Å². The molecular weight excluding hydrogens is 356 g/mol. The Morgan fingerprint density at radius 3 is 2.45 bits per heavy atom. The quantitative estimate of drug-likeness (QED) is 0.292. The number of fused-ring (bicyclic) bond motifs is 6. The molecule has 138 valence electrons. The van der Waals surface area contributed by atoms with Gasteiger partial charge >= 0.3 is 0 Å². The van der Waals surface area contributed by atoms with Gasteiger partial charge in [-0.05, 0) is 43.0 Å². The standard InChI is InChI=1S/C26H18N2O/c1-15-7-5-8-17-13-14-20-24(27-16(2)28-25(20)23(15)17)21-11-6-10-19-18-9-3-4-12-22(18)29-26(19)21/h3-14H,1-2H3. The average Bonchev–Trinajstić information content (AvgIpc) is 3.12. The summed E-state index contributed by atoms with van der Waals surface area (Å²) < 4.78 is 6.28. The van der Waals surface area contributed by atoms with E-state index < -0.39 is 0 Å². The third-order valence-corrected chi connectivity index (χ3v) is 5.69. The fourth-order valence-electron chi connectivity index (χ4n) is 4.39. The summed E-state index contributed by atoms with van der Waals surface area (Å²) in [5, 5.41) is 5.67. The Balaban J connectivity index is 1.78. The summed E-state index contributed by atoms with van der Waals surface area (Å²) in [7, 11) is 0. The number of aryl methyl sites for hydroxylation is 2. The van der Waals surface area contributed by atoms with Crippen LogP contribution >= 0.6 is 0 Å². The fraction of sp³-hybridized carbons (Fsp3) is 0.0769. The van der Waals surface area contributed by atoms with Gasteiger partial charge in [-0.2, -0.15) is 0 Å². The molecule has 0 fully saturated rings. The van der Waals surface area contributed by atoms with Gasteiger partial charge in [-0.25, -0.2) is 9.97 Å². The Bertz CT molecular complexity index is 1580. The molecule has 0 saturated heterocycles. The number of nitrogens with zero attached hydrogens (tertiary/aromatic N) is 2. The van der Waals surface area contributed by atoms with E-state index in [4.69, 9.17) is 14.4 Å². The molecule has 0 saturated carbocycles. The molecule has 4 aromatic carbocycles. The Morgan fingerprint density at radius 2 is 1.52 bits per heavy atom. The smallest absolute Gasteiger partial charge is 0.144 e. The largest absolute Gasteiger partial charge is 0.455 e. The SMILES string of the molecule is Cc1nc(-c2cccc3c2oc2ccccc23)c2ccc3cccc(C)c3c2n1. The molecule has 3 heteroatoms. The third kappa shape index (κ3) is 2.31. The highest BCUT2D eigenvalue weighted by Crippen LogP contribution is 2.38. The minimum atomic E-state index is 0.761. The van der Waals surface area contributed by atoms with Crippen LogP contribution in [0.5, 0.6) is 0 Å². The summed E-state index contributed by atoms with van der Waals surface area (Å²) in [6.45, 7) is 4.09. The summed E-state index contributed by atoms with van der Waals surface area (Å²) in [6.07, 6.45) is 0. The highest BCUT2D eigenvalue weighted by Gasteiger charge is 2.17. The predicted molar refractivity (Wildman–Crippen MR) is 119 cm³/mol. The molecule has 0 amide bonds. The number of benzene rings is 4. The second-order valence-electron chi connectivity index (χ2n) is 7.53. The molecule has 0 bridgehead atoms. The van der Waals surface area contributed by atoms with Crippen molar-refractivity contribution in [3.05, 3.63) is 84.2 Å². The topological polar surface area (TPSA) is 38.9 Å². The van der Waals surface area contributed by atoms with E-state index in [9.17, 15) is 0 Å². The van der Waals surface area contributed by atoms with Crippen molar-refractivity contribution in [1.29, 1.82) is 0 Å². The van der Waals surface area contributed by atoms with Crippen molar-refractivity contribution < 1.29 is 4.42 Å². The van der Waals surface area contributed by atoms with Crippen LogP contribution < -0.4 is 0 Å². The third-order valence-electron chi connectivity index (χ3n) is 5.69. The molecule has 6 aromatic rings. The van der Waals surface area contributed by atoms with Crippen LogP contribution in [0.1, 0.15) is 11.4 Å². The van der Waals surface area contributed by atoms with E-state index in [0.29, 0.717) is 0 Å². The zero-order valence-electron chi connectivity index (χ0n) is 16.2. The molecule has 0 N–H and O–H groups in total. The molecule has 0 unspecified atom stereocenters. The maximum absolute atomic E-state index is 6.28. The normalized spacial score (nSPS) is 11.8. The molecule has 3 nitrogen and oxygen atoms in total. The molecule has 0 aliphatic heterocycles. The maximum atomic E-state index is 6.28. The lowest BCUT2D eigenvalue weighted by molar-refractivity contribution is 0.670.